The molecule has 1 N–H and O–H groups in total. The van der Waals surface area contributed by atoms with E-state index in [1.165, 1.54) is 0 Å². The molecule has 2 aromatic rings. The van der Waals surface area contributed by atoms with Gasteiger partial charge in [-0.05, 0) is 46.6 Å². The van der Waals surface area contributed by atoms with Crippen LogP contribution in [0, 0.1) is 6.92 Å². The molecule has 0 unspecified atom stereocenters. The number of hydrogen-bond acceptors (Lipinski definition) is 3. The minimum absolute atomic E-state index is 0.119. The first-order valence-electron chi connectivity index (χ1n) is 5.47. The van der Waals surface area contributed by atoms with Crippen molar-refractivity contribution in [3.8, 4) is 0 Å². The van der Waals surface area contributed by atoms with E-state index in [2.05, 4.69) is 31.2 Å². The minimum Gasteiger partial charge on any atom is -0.310 e. The highest BCUT2D eigenvalue weighted by molar-refractivity contribution is 9.10. The molecular formula is C13H12BrN3O. The SMILES string of the molecule is Cc1cccnc1CC(=O)Nc1ccc(Br)cn1. The third-order valence-electron chi connectivity index (χ3n) is 2.44. The molecule has 92 valence electrons. The summed E-state index contributed by atoms with van der Waals surface area (Å²) in [5, 5.41) is 2.73. The molecule has 4 nitrogen and oxygen atoms in total. The Bertz CT molecular complexity index is 554. The molecule has 2 aromatic heterocycles. The summed E-state index contributed by atoms with van der Waals surface area (Å²) in [5.41, 5.74) is 1.79. The molecule has 18 heavy (non-hydrogen) atoms. The summed E-state index contributed by atoms with van der Waals surface area (Å²) < 4.78 is 0.876. The lowest BCUT2D eigenvalue weighted by molar-refractivity contribution is -0.115. The molecule has 0 atom stereocenters. The van der Waals surface area contributed by atoms with Gasteiger partial charge < -0.3 is 5.32 Å². The normalized spacial score (nSPS) is 10.1. The largest absolute Gasteiger partial charge is 0.310 e. The van der Waals surface area contributed by atoms with Crippen LogP contribution in [0.1, 0.15) is 11.3 Å². The molecular weight excluding hydrogens is 294 g/mol. The second kappa shape index (κ2) is 5.73. The van der Waals surface area contributed by atoms with E-state index in [0.29, 0.717) is 5.82 Å². The van der Waals surface area contributed by atoms with E-state index in [4.69, 9.17) is 0 Å². The van der Waals surface area contributed by atoms with Crippen molar-refractivity contribution in [3.63, 3.8) is 0 Å². The first kappa shape index (κ1) is 12.7. The van der Waals surface area contributed by atoms with Crippen molar-refractivity contribution < 1.29 is 4.79 Å². The number of halogens is 1. The van der Waals surface area contributed by atoms with Crippen molar-refractivity contribution in [1.29, 1.82) is 0 Å². The Labute approximate surface area is 114 Å². The van der Waals surface area contributed by atoms with Crippen LogP contribution in [0.5, 0.6) is 0 Å². The third kappa shape index (κ3) is 3.37. The van der Waals surface area contributed by atoms with Gasteiger partial charge in [0.05, 0.1) is 12.1 Å². The Kier molecular flexibility index (Phi) is 4.04. The van der Waals surface area contributed by atoms with Crippen molar-refractivity contribution in [2.75, 3.05) is 5.32 Å². The Morgan fingerprint density at radius 2 is 2.17 bits per heavy atom. The zero-order valence-corrected chi connectivity index (χ0v) is 11.4. The maximum absolute atomic E-state index is 11.8. The second-order valence-corrected chi connectivity index (χ2v) is 4.77. The van der Waals surface area contributed by atoms with E-state index in [1.54, 1.807) is 18.5 Å². The van der Waals surface area contributed by atoms with E-state index in [-0.39, 0.29) is 12.3 Å². The maximum Gasteiger partial charge on any atom is 0.231 e. The first-order chi connectivity index (χ1) is 8.65. The average molecular weight is 306 g/mol. The highest BCUT2D eigenvalue weighted by atomic mass is 79.9. The summed E-state index contributed by atoms with van der Waals surface area (Å²) in [6.07, 6.45) is 3.58. The summed E-state index contributed by atoms with van der Waals surface area (Å²) in [4.78, 5) is 20.1. The lowest BCUT2D eigenvalue weighted by Gasteiger charge is -2.05. The molecule has 0 aliphatic carbocycles. The van der Waals surface area contributed by atoms with Gasteiger partial charge >= 0.3 is 0 Å². The van der Waals surface area contributed by atoms with Gasteiger partial charge in [0.1, 0.15) is 5.82 Å². The molecule has 0 spiro atoms. The molecule has 0 aliphatic rings. The molecule has 0 saturated heterocycles. The van der Waals surface area contributed by atoms with Crippen LogP contribution >= 0.6 is 15.9 Å². The van der Waals surface area contributed by atoms with E-state index < -0.39 is 0 Å². The number of hydrogen-bond donors (Lipinski definition) is 1. The predicted molar refractivity (Wildman–Crippen MR) is 73.2 cm³/mol. The zero-order valence-electron chi connectivity index (χ0n) is 9.85. The molecule has 0 saturated carbocycles. The number of aromatic nitrogens is 2. The predicted octanol–water partition coefficient (Wildman–Crippen LogP) is 2.73. The molecule has 0 aromatic carbocycles. The van der Waals surface area contributed by atoms with Crippen LogP contribution in [0.3, 0.4) is 0 Å². The van der Waals surface area contributed by atoms with E-state index >= 15 is 0 Å². The van der Waals surface area contributed by atoms with Crippen molar-refractivity contribution in [2.24, 2.45) is 0 Å². The van der Waals surface area contributed by atoms with E-state index in [0.717, 1.165) is 15.7 Å². The van der Waals surface area contributed by atoms with Gasteiger partial charge in [-0.25, -0.2) is 4.98 Å². The number of carbonyl (C=O) groups is 1. The van der Waals surface area contributed by atoms with Crippen molar-refractivity contribution in [2.45, 2.75) is 13.3 Å². The summed E-state index contributed by atoms with van der Waals surface area (Å²) in [6, 6.07) is 7.36. The minimum atomic E-state index is -0.119. The van der Waals surface area contributed by atoms with Gasteiger partial charge in [-0.2, -0.15) is 0 Å². The highest BCUT2D eigenvalue weighted by Crippen LogP contribution is 2.11. The van der Waals surface area contributed by atoms with Crippen LogP contribution in [-0.2, 0) is 11.2 Å². The van der Waals surface area contributed by atoms with Gasteiger partial charge in [-0.1, -0.05) is 6.07 Å². The van der Waals surface area contributed by atoms with Crippen molar-refractivity contribution in [3.05, 3.63) is 52.4 Å². The van der Waals surface area contributed by atoms with Crippen LogP contribution in [0.4, 0.5) is 5.82 Å². The van der Waals surface area contributed by atoms with Gasteiger partial charge in [-0.3, -0.25) is 9.78 Å². The van der Waals surface area contributed by atoms with Gasteiger partial charge in [0.15, 0.2) is 0 Å². The van der Waals surface area contributed by atoms with Crippen LogP contribution < -0.4 is 5.32 Å². The third-order valence-corrected chi connectivity index (χ3v) is 2.91. The van der Waals surface area contributed by atoms with Gasteiger partial charge in [0.25, 0.3) is 0 Å². The summed E-state index contributed by atoms with van der Waals surface area (Å²) in [6.45, 7) is 1.94. The average Bonchev–Trinajstić information content (AvgIpc) is 2.35. The molecule has 0 aliphatic heterocycles. The highest BCUT2D eigenvalue weighted by Gasteiger charge is 2.07. The monoisotopic (exact) mass is 305 g/mol. The summed E-state index contributed by atoms with van der Waals surface area (Å²) >= 11 is 3.29. The number of aryl methyl sites for hydroxylation is 1. The fourth-order valence-corrected chi connectivity index (χ4v) is 1.73. The lowest BCUT2D eigenvalue weighted by atomic mass is 10.1. The molecule has 2 heterocycles. The lowest BCUT2D eigenvalue weighted by Crippen LogP contribution is -2.16. The molecule has 0 bridgehead atoms. The first-order valence-corrected chi connectivity index (χ1v) is 6.26. The van der Waals surface area contributed by atoms with Crippen LogP contribution in [-0.4, -0.2) is 15.9 Å². The van der Waals surface area contributed by atoms with E-state index in [1.807, 2.05) is 25.1 Å². The molecule has 1 amide bonds. The Balaban J connectivity index is 2.01. The summed E-state index contributed by atoms with van der Waals surface area (Å²) in [5.74, 6) is 0.420. The van der Waals surface area contributed by atoms with Gasteiger partial charge in [-0.15, -0.1) is 0 Å². The zero-order chi connectivity index (χ0) is 13.0. The standard InChI is InChI=1S/C13H12BrN3O/c1-9-3-2-6-15-11(9)7-13(18)17-12-5-4-10(14)8-16-12/h2-6,8H,7H2,1H3,(H,16,17,18). The Morgan fingerprint density at radius 1 is 1.33 bits per heavy atom. The quantitative estimate of drug-likeness (QED) is 0.948. The number of nitrogens with one attached hydrogen (secondary N) is 1. The topological polar surface area (TPSA) is 54.9 Å². The number of carbonyl (C=O) groups excluding carboxylic acids is 1. The number of rotatable bonds is 3. The summed E-state index contributed by atoms with van der Waals surface area (Å²) in [7, 11) is 0. The number of pyridine rings is 2. The number of amides is 1. The second-order valence-electron chi connectivity index (χ2n) is 3.85. The maximum atomic E-state index is 11.8. The van der Waals surface area contributed by atoms with Crippen molar-refractivity contribution in [1.82, 2.24) is 9.97 Å². The smallest absolute Gasteiger partial charge is 0.231 e. The Morgan fingerprint density at radius 3 is 2.83 bits per heavy atom. The van der Waals surface area contributed by atoms with Gasteiger partial charge in [0, 0.05) is 16.9 Å². The fourth-order valence-electron chi connectivity index (χ4n) is 1.49. The molecule has 2 rings (SSSR count). The van der Waals surface area contributed by atoms with Crippen LogP contribution in [0.25, 0.3) is 0 Å². The van der Waals surface area contributed by atoms with Crippen molar-refractivity contribution >= 4 is 27.7 Å². The molecule has 0 fully saturated rings. The number of anilines is 1. The van der Waals surface area contributed by atoms with E-state index in [9.17, 15) is 4.79 Å². The van der Waals surface area contributed by atoms with Gasteiger partial charge in [0.2, 0.25) is 5.91 Å². The molecule has 5 heteroatoms. The molecule has 0 radical (unpaired) electrons. The fraction of sp³-hybridized carbons (Fsp3) is 0.154. The van der Waals surface area contributed by atoms with Crippen LogP contribution in [0.15, 0.2) is 41.1 Å². The number of nitrogens with zero attached hydrogens (tertiary/aromatic N) is 2. The Hall–Kier alpha value is -1.75. The van der Waals surface area contributed by atoms with Crippen LogP contribution in [0.2, 0.25) is 0 Å².